The first-order chi connectivity index (χ1) is 9.17. The summed E-state index contributed by atoms with van der Waals surface area (Å²) in [7, 11) is 1.91. The summed E-state index contributed by atoms with van der Waals surface area (Å²) in [4.78, 5) is 16.6. The van der Waals surface area contributed by atoms with Gasteiger partial charge in [-0.15, -0.1) is 37.2 Å². The smallest absolute Gasteiger partial charge is 0.220 e. The van der Waals surface area contributed by atoms with Gasteiger partial charge in [-0.2, -0.15) is 0 Å². The lowest BCUT2D eigenvalue weighted by Gasteiger charge is -2.37. The van der Waals surface area contributed by atoms with Crippen LogP contribution in [0.4, 0.5) is 0 Å². The molecule has 1 atom stereocenters. The molecule has 1 fully saturated rings. The molecule has 0 saturated carbocycles. The number of likely N-dealkylation sites (N-methyl/N-ethyl adjacent to an activating group) is 1. The van der Waals surface area contributed by atoms with Gasteiger partial charge in [0, 0.05) is 45.2 Å². The fourth-order valence-corrected chi connectivity index (χ4v) is 2.43. The van der Waals surface area contributed by atoms with Gasteiger partial charge in [-0.1, -0.05) is 6.92 Å². The maximum absolute atomic E-state index is 11.6. The van der Waals surface area contributed by atoms with E-state index in [4.69, 9.17) is 0 Å². The van der Waals surface area contributed by atoms with Gasteiger partial charge in [-0.25, -0.2) is 0 Å². The average molecular weight is 380 g/mol. The van der Waals surface area contributed by atoms with Crippen molar-refractivity contribution in [3.8, 4) is 0 Å². The third kappa shape index (κ3) is 10.9. The molecule has 1 unspecified atom stereocenters. The number of halogens is 3. The van der Waals surface area contributed by atoms with Crippen LogP contribution in [0, 0.1) is 0 Å². The number of hydrogen-bond acceptors (Lipinski definition) is 4. The molecule has 0 bridgehead atoms. The molecule has 1 rings (SSSR count). The zero-order chi connectivity index (χ0) is 14.1. The molecule has 1 saturated heterocycles. The van der Waals surface area contributed by atoms with E-state index < -0.39 is 0 Å². The van der Waals surface area contributed by atoms with Crippen molar-refractivity contribution in [3.63, 3.8) is 0 Å². The summed E-state index contributed by atoms with van der Waals surface area (Å²) in [5.41, 5.74) is 0. The molecule has 1 aliphatic heterocycles. The first kappa shape index (κ1) is 27.1. The van der Waals surface area contributed by atoms with Crippen LogP contribution in [0.25, 0.3) is 0 Å². The number of carbonyl (C=O) groups is 1. The lowest BCUT2D eigenvalue weighted by Crippen LogP contribution is -2.52. The molecule has 5 nitrogen and oxygen atoms in total. The van der Waals surface area contributed by atoms with E-state index in [2.05, 4.69) is 34.3 Å². The number of rotatable bonds is 8. The highest BCUT2D eigenvalue weighted by Crippen LogP contribution is 2.05. The third-order valence-electron chi connectivity index (χ3n) is 3.90. The van der Waals surface area contributed by atoms with E-state index in [1.54, 1.807) is 0 Å². The topological polar surface area (TPSA) is 47.6 Å². The SMILES string of the molecule is CCN1CCN(C(C)CNC(=O)CCCNC)CC1.Cl.Cl.Cl. The van der Waals surface area contributed by atoms with Crippen molar-refractivity contribution in [2.24, 2.45) is 0 Å². The number of amides is 1. The van der Waals surface area contributed by atoms with Gasteiger partial charge < -0.3 is 15.5 Å². The van der Waals surface area contributed by atoms with Gasteiger partial charge in [0.1, 0.15) is 0 Å². The van der Waals surface area contributed by atoms with Gasteiger partial charge in [0.2, 0.25) is 5.91 Å². The van der Waals surface area contributed by atoms with Gasteiger partial charge in [0.05, 0.1) is 0 Å². The van der Waals surface area contributed by atoms with Crippen LogP contribution in [0.2, 0.25) is 0 Å². The highest BCUT2D eigenvalue weighted by atomic mass is 35.5. The van der Waals surface area contributed by atoms with Crippen molar-refractivity contribution in [2.75, 3.05) is 52.9 Å². The Hall–Kier alpha value is 0.220. The summed E-state index contributed by atoms with van der Waals surface area (Å²) in [5, 5.41) is 6.10. The van der Waals surface area contributed by atoms with Crippen LogP contribution in [0.5, 0.6) is 0 Å². The molecular weight excluding hydrogens is 347 g/mol. The van der Waals surface area contributed by atoms with E-state index >= 15 is 0 Å². The van der Waals surface area contributed by atoms with Crippen LogP contribution in [0.15, 0.2) is 0 Å². The van der Waals surface area contributed by atoms with Gasteiger partial charge >= 0.3 is 0 Å². The first-order valence-corrected chi connectivity index (χ1v) is 7.55. The minimum Gasteiger partial charge on any atom is -0.355 e. The second-order valence-corrected chi connectivity index (χ2v) is 5.33. The summed E-state index contributed by atoms with van der Waals surface area (Å²) in [6.45, 7) is 11.8. The molecule has 0 aromatic carbocycles. The lowest BCUT2D eigenvalue weighted by molar-refractivity contribution is -0.121. The fraction of sp³-hybridized carbons (Fsp3) is 0.929. The van der Waals surface area contributed by atoms with E-state index in [1.165, 1.54) is 0 Å². The molecule has 1 amide bonds. The summed E-state index contributed by atoms with van der Waals surface area (Å²) < 4.78 is 0. The van der Waals surface area contributed by atoms with Gasteiger partial charge in [-0.05, 0) is 33.5 Å². The number of carbonyl (C=O) groups excluding carboxylic acids is 1. The Balaban J connectivity index is -0.00000120. The predicted octanol–water partition coefficient (Wildman–Crippen LogP) is 1.39. The van der Waals surface area contributed by atoms with Crippen molar-refractivity contribution < 1.29 is 4.79 Å². The minimum atomic E-state index is 0. The standard InChI is InChI=1S/C14H30N4O.3ClH/c1-4-17-8-10-18(11-9-17)13(2)12-16-14(19)6-5-7-15-3;;;/h13,15H,4-12H2,1-3H3,(H,16,19);3*1H. The van der Waals surface area contributed by atoms with E-state index in [-0.39, 0.29) is 43.1 Å². The number of piperazine rings is 1. The number of nitrogens with zero attached hydrogens (tertiary/aromatic N) is 2. The van der Waals surface area contributed by atoms with Crippen LogP contribution in [0.3, 0.4) is 0 Å². The van der Waals surface area contributed by atoms with E-state index in [0.717, 1.165) is 52.2 Å². The maximum Gasteiger partial charge on any atom is 0.220 e. The Morgan fingerprint density at radius 3 is 2.23 bits per heavy atom. The van der Waals surface area contributed by atoms with Gasteiger partial charge in [0.15, 0.2) is 0 Å². The molecule has 1 heterocycles. The molecule has 22 heavy (non-hydrogen) atoms. The molecule has 0 aliphatic carbocycles. The van der Waals surface area contributed by atoms with Crippen molar-refractivity contribution in [3.05, 3.63) is 0 Å². The van der Waals surface area contributed by atoms with Crippen LogP contribution in [-0.4, -0.2) is 74.6 Å². The van der Waals surface area contributed by atoms with E-state index in [1.807, 2.05) is 7.05 Å². The van der Waals surface area contributed by atoms with Crippen molar-refractivity contribution in [2.45, 2.75) is 32.7 Å². The van der Waals surface area contributed by atoms with Crippen LogP contribution >= 0.6 is 37.2 Å². The molecule has 0 aromatic heterocycles. The zero-order valence-corrected chi connectivity index (χ0v) is 16.4. The summed E-state index contributed by atoms with van der Waals surface area (Å²) in [5.74, 6) is 0.175. The molecule has 8 heteroatoms. The van der Waals surface area contributed by atoms with Crippen LogP contribution in [0.1, 0.15) is 26.7 Å². The Labute approximate surface area is 154 Å². The Bertz CT molecular complexity index is 264. The fourth-order valence-electron chi connectivity index (χ4n) is 2.43. The molecule has 1 aliphatic rings. The molecule has 0 radical (unpaired) electrons. The van der Waals surface area contributed by atoms with Crippen LogP contribution in [-0.2, 0) is 4.79 Å². The predicted molar refractivity (Wildman–Crippen MR) is 101 cm³/mol. The van der Waals surface area contributed by atoms with E-state index in [0.29, 0.717) is 12.5 Å². The quantitative estimate of drug-likeness (QED) is 0.626. The Morgan fingerprint density at radius 1 is 1.14 bits per heavy atom. The van der Waals surface area contributed by atoms with E-state index in [9.17, 15) is 4.79 Å². The highest BCUT2D eigenvalue weighted by Gasteiger charge is 2.20. The third-order valence-corrected chi connectivity index (χ3v) is 3.90. The highest BCUT2D eigenvalue weighted by molar-refractivity contribution is 5.86. The number of nitrogens with one attached hydrogen (secondary N) is 2. The van der Waals surface area contributed by atoms with Crippen molar-refractivity contribution in [1.29, 1.82) is 0 Å². The second kappa shape index (κ2) is 16.1. The second-order valence-electron chi connectivity index (χ2n) is 5.33. The zero-order valence-electron chi connectivity index (χ0n) is 14.0. The Morgan fingerprint density at radius 2 is 1.73 bits per heavy atom. The lowest BCUT2D eigenvalue weighted by atomic mass is 10.2. The normalized spacial score (nSPS) is 16.7. The van der Waals surface area contributed by atoms with Crippen LogP contribution < -0.4 is 10.6 Å². The summed E-state index contributed by atoms with van der Waals surface area (Å²) >= 11 is 0. The minimum absolute atomic E-state index is 0. The van der Waals surface area contributed by atoms with Gasteiger partial charge in [0.25, 0.3) is 0 Å². The maximum atomic E-state index is 11.6. The number of hydrogen-bond donors (Lipinski definition) is 2. The largest absolute Gasteiger partial charge is 0.355 e. The summed E-state index contributed by atoms with van der Waals surface area (Å²) in [6.07, 6.45) is 1.53. The van der Waals surface area contributed by atoms with Crippen molar-refractivity contribution in [1.82, 2.24) is 20.4 Å². The summed E-state index contributed by atoms with van der Waals surface area (Å²) in [6, 6.07) is 0.437. The molecule has 0 aromatic rings. The molecule has 2 N–H and O–H groups in total. The van der Waals surface area contributed by atoms with Crippen molar-refractivity contribution >= 4 is 43.1 Å². The average Bonchev–Trinajstić information content (AvgIpc) is 2.45. The molecular formula is C14H33Cl3N4O. The molecule has 0 spiro atoms. The first-order valence-electron chi connectivity index (χ1n) is 7.55. The Kier molecular flexibility index (Phi) is 19.8. The monoisotopic (exact) mass is 378 g/mol. The van der Waals surface area contributed by atoms with Gasteiger partial charge in [-0.3, -0.25) is 9.69 Å². The molecule has 136 valence electrons.